The Morgan fingerprint density at radius 3 is 2.89 bits per heavy atom. The third kappa shape index (κ3) is 3.69. The lowest BCUT2D eigenvalue weighted by Gasteiger charge is -2.12. The van der Waals surface area contributed by atoms with Crippen LogP contribution in [0.15, 0.2) is 12.1 Å². The molecule has 1 saturated heterocycles. The van der Waals surface area contributed by atoms with Crippen molar-refractivity contribution in [1.29, 1.82) is 0 Å². The molecular weight excluding hydrogens is 393 g/mol. The summed E-state index contributed by atoms with van der Waals surface area (Å²) in [6, 6.07) is 2.77. The van der Waals surface area contributed by atoms with E-state index in [9.17, 15) is 9.18 Å². The number of nitrogens with one attached hydrogen (secondary N) is 2. The monoisotopic (exact) mass is 404 g/mol. The van der Waals surface area contributed by atoms with E-state index >= 15 is 0 Å². The van der Waals surface area contributed by atoms with E-state index in [1.807, 2.05) is 22.6 Å². The summed E-state index contributed by atoms with van der Waals surface area (Å²) in [5.41, 5.74) is 0.323. The normalized spacial score (nSPS) is 18.3. The van der Waals surface area contributed by atoms with Crippen LogP contribution in [0.2, 0.25) is 5.02 Å². The summed E-state index contributed by atoms with van der Waals surface area (Å²) >= 11 is 7.70. The number of hydrogen-bond acceptors (Lipinski definition) is 2. The molecule has 0 saturated carbocycles. The van der Waals surface area contributed by atoms with Gasteiger partial charge in [0.05, 0.1) is 10.6 Å². The Hall–Kier alpha value is -0.110. The van der Waals surface area contributed by atoms with Crippen molar-refractivity contribution in [2.45, 2.75) is 12.5 Å². The molecule has 0 spiro atoms. The van der Waals surface area contributed by atoms with Gasteiger partial charge in [0.2, 0.25) is 0 Å². The molecule has 1 aliphatic rings. The molecule has 1 aliphatic heterocycles. The lowest BCUT2D eigenvalue weighted by molar-refractivity contribution is 0.0940. The molecule has 2 N–H and O–H groups in total. The van der Waals surface area contributed by atoms with Crippen molar-refractivity contribution in [3.05, 3.63) is 32.1 Å². The minimum absolute atomic E-state index is 0. The van der Waals surface area contributed by atoms with Crippen LogP contribution in [-0.2, 0) is 0 Å². The van der Waals surface area contributed by atoms with Crippen molar-refractivity contribution in [3.63, 3.8) is 0 Å². The molecule has 1 aromatic carbocycles. The van der Waals surface area contributed by atoms with E-state index in [-0.39, 0.29) is 29.4 Å². The molecule has 2 rings (SSSR count). The van der Waals surface area contributed by atoms with E-state index in [1.54, 1.807) is 0 Å². The van der Waals surface area contributed by atoms with Crippen LogP contribution in [0.1, 0.15) is 16.8 Å². The van der Waals surface area contributed by atoms with Crippen molar-refractivity contribution < 1.29 is 9.18 Å². The number of hydrogen-bond donors (Lipinski definition) is 2. The van der Waals surface area contributed by atoms with Gasteiger partial charge in [-0.15, -0.1) is 12.4 Å². The molecule has 1 atom stereocenters. The zero-order valence-corrected chi connectivity index (χ0v) is 13.0. The van der Waals surface area contributed by atoms with E-state index < -0.39 is 5.82 Å². The van der Waals surface area contributed by atoms with Crippen molar-refractivity contribution in [2.24, 2.45) is 0 Å². The van der Waals surface area contributed by atoms with Gasteiger partial charge >= 0.3 is 0 Å². The summed E-state index contributed by atoms with van der Waals surface area (Å²) < 4.78 is 13.6. The van der Waals surface area contributed by atoms with Gasteiger partial charge in [-0.25, -0.2) is 4.39 Å². The highest BCUT2D eigenvalue weighted by Gasteiger charge is 2.20. The summed E-state index contributed by atoms with van der Waals surface area (Å²) in [6.07, 6.45) is 0.904. The Bertz CT molecular complexity index is 453. The first-order valence-corrected chi connectivity index (χ1v) is 6.69. The van der Waals surface area contributed by atoms with Gasteiger partial charge in [0.1, 0.15) is 5.82 Å². The largest absolute Gasteiger partial charge is 0.348 e. The molecule has 100 valence electrons. The van der Waals surface area contributed by atoms with Crippen LogP contribution < -0.4 is 10.6 Å². The van der Waals surface area contributed by atoms with Gasteiger partial charge in [-0.2, -0.15) is 0 Å². The van der Waals surface area contributed by atoms with Crippen LogP contribution >= 0.6 is 46.6 Å². The molecule has 3 nitrogen and oxygen atoms in total. The van der Waals surface area contributed by atoms with Gasteiger partial charge in [0.15, 0.2) is 0 Å². The van der Waals surface area contributed by atoms with Gasteiger partial charge in [-0.1, -0.05) is 11.6 Å². The van der Waals surface area contributed by atoms with Crippen LogP contribution in [0.4, 0.5) is 4.39 Å². The predicted octanol–water partition coefficient (Wildman–Crippen LogP) is 2.60. The first kappa shape index (κ1) is 15.9. The molecule has 0 aromatic heterocycles. The molecule has 0 radical (unpaired) electrons. The van der Waals surface area contributed by atoms with Crippen molar-refractivity contribution in [2.75, 3.05) is 13.1 Å². The van der Waals surface area contributed by atoms with Crippen molar-refractivity contribution in [1.82, 2.24) is 10.6 Å². The SMILES string of the molecule is Cl.O=C(N[C@@H]1CCNC1)c1cc(I)c(F)cc1Cl. The van der Waals surface area contributed by atoms with Crippen molar-refractivity contribution >= 4 is 52.5 Å². The number of rotatable bonds is 2. The van der Waals surface area contributed by atoms with Crippen LogP contribution in [0.25, 0.3) is 0 Å². The molecule has 18 heavy (non-hydrogen) atoms. The van der Waals surface area contributed by atoms with Gasteiger partial charge in [-0.05, 0) is 47.7 Å². The van der Waals surface area contributed by atoms with E-state index in [4.69, 9.17) is 11.6 Å². The molecule has 1 fully saturated rings. The molecule has 1 amide bonds. The quantitative estimate of drug-likeness (QED) is 0.587. The fourth-order valence-electron chi connectivity index (χ4n) is 1.74. The minimum atomic E-state index is -0.408. The van der Waals surface area contributed by atoms with Crippen LogP contribution in [-0.4, -0.2) is 25.0 Å². The van der Waals surface area contributed by atoms with Gasteiger partial charge in [-0.3, -0.25) is 4.79 Å². The smallest absolute Gasteiger partial charge is 0.253 e. The fourth-order valence-corrected chi connectivity index (χ4v) is 2.44. The highest BCUT2D eigenvalue weighted by molar-refractivity contribution is 14.1. The Balaban J connectivity index is 0.00000162. The number of halogens is 4. The third-order valence-electron chi connectivity index (χ3n) is 2.65. The van der Waals surface area contributed by atoms with E-state index in [2.05, 4.69) is 10.6 Å². The Kier molecular flexibility index (Phi) is 6.10. The first-order chi connectivity index (χ1) is 8.08. The summed E-state index contributed by atoms with van der Waals surface area (Å²) in [5, 5.41) is 6.17. The van der Waals surface area contributed by atoms with Gasteiger partial charge < -0.3 is 10.6 Å². The second-order valence-electron chi connectivity index (χ2n) is 3.91. The van der Waals surface area contributed by atoms with Crippen molar-refractivity contribution in [3.8, 4) is 0 Å². The first-order valence-electron chi connectivity index (χ1n) is 5.24. The molecule has 0 aliphatic carbocycles. The Labute approximate surface area is 129 Å². The van der Waals surface area contributed by atoms with E-state index in [1.165, 1.54) is 12.1 Å². The summed E-state index contributed by atoms with van der Waals surface area (Å²) in [6.45, 7) is 1.67. The maximum Gasteiger partial charge on any atom is 0.253 e. The van der Waals surface area contributed by atoms with Gasteiger partial charge in [0.25, 0.3) is 5.91 Å². The number of benzene rings is 1. The van der Waals surface area contributed by atoms with Crippen LogP contribution in [0, 0.1) is 9.39 Å². The lowest BCUT2D eigenvalue weighted by Crippen LogP contribution is -2.36. The van der Waals surface area contributed by atoms with Crippen LogP contribution in [0.5, 0.6) is 0 Å². The maximum absolute atomic E-state index is 13.2. The zero-order valence-electron chi connectivity index (χ0n) is 9.30. The standard InChI is InChI=1S/C11H11ClFIN2O.ClH/c12-8-4-9(13)10(14)3-7(8)11(17)16-6-1-2-15-5-6;/h3-4,6,15H,1-2,5H2,(H,16,17);1H/t6-;/m1./s1. The molecule has 0 unspecified atom stereocenters. The second kappa shape index (κ2) is 6.88. The summed E-state index contributed by atoms with van der Waals surface area (Å²) in [4.78, 5) is 11.9. The minimum Gasteiger partial charge on any atom is -0.348 e. The molecular formula is C11H12Cl2FIN2O. The molecule has 7 heteroatoms. The average Bonchev–Trinajstić information content (AvgIpc) is 2.76. The molecule has 1 heterocycles. The van der Waals surface area contributed by atoms with E-state index in [0.29, 0.717) is 9.13 Å². The van der Waals surface area contributed by atoms with Crippen LogP contribution in [0.3, 0.4) is 0 Å². The highest BCUT2D eigenvalue weighted by Crippen LogP contribution is 2.22. The molecule has 1 aromatic rings. The second-order valence-corrected chi connectivity index (χ2v) is 5.48. The Morgan fingerprint density at radius 1 is 1.56 bits per heavy atom. The number of carbonyl (C=O) groups is 1. The van der Waals surface area contributed by atoms with Gasteiger partial charge in [0, 0.05) is 16.2 Å². The lowest BCUT2D eigenvalue weighted by atomic mass is 10.2. The zero-order chi connectivity index (χ0) is 12.4. The third-order valence-corrected chi connectivity index (χ3v) is 3.79. The summed E-state index contributed by atoms with van der Waals surface area (Å²) in [5.74, 6) is -0.656. The maximum atomic E-state index is 13.2. The number of carbonyl (C=O) groups excluding carboxylic acids is 1. The number of amides is 1. The molecule has 0 bridgehead atoms. The topological polar surface area (TPSA) is 41.1 Å². The fraction of sp³-hybridized carbons (Fsp3) is 0.364. The average molecular weight is 405 g/mol. The summed E-state index contributed by atoms with van der Waals surface area (Å²) in [7, 11) is 0. The highest BCUT2D eigenvalue weighted by atomic mass is 127. The Morgan fingerprint density at radius 2 is 2.28 bits per heavy atom. The van der Waals surface area contributed by atoms with E-state index in [0.717, 1.165) is 19.5 Å². The predicted molar refractivity (Wildman–Crippen MR) is 80.1 cm³/mol.